The number of hydrogen-bond acceptors (Lipinski definition) is 6. The number of carbonyl (C=O) groups is 2. The van der Waals surface area contributed by atoms with Crippen molar-refractivity contribution in [3.05, 3.63) is 35.4 Å². The summed E-state index contributed by atoms with van der Waals surface area (Å²) in [5, 5.41) is 35.8. The lowest BCUT2D eigenvalue weighted by molar-refractivity contribution is -0.165. The van der Waals surface area contributed by atoms with Crippen LogP contribution in [-0.4, -0.2) is 75.1 Å². The molecule has 1 aromatic carbocycles. The van der Waals surface area contributed by atoms with E-state index in [0.29, 0.717) is 18.2 Å². The van der Waals surface area contributed by atoms with Crippen molar-refractivity contribution >= 4 is 11.9 Å². The Balaban J connectivity index is 0.000000433. The summed E-state index contributed by atoms with van der Waals surface area (Å²) in [5.74, 6) is -3.54. The Morgan fingerprint density at radius 3 is 2.03 bits per heavy atom. The van der Waals surface area contributed by atoms with E-state index in [9.17, 15) is 22.8 Å². The number of carboxylic acids is 2. The molecule has 1 heterocycles. The molecule has 11 heteroatoms. The summed E-state index contributed by atoms with van der Waals surface area (Å²) < 4.78 is 39.5. The number of aliphatic hydroxyl groups is 2. The first-order valence-corrected chi connectivity index (χ1v) is 10.0. The fourth-order valence-electron chi connectivity index (χ4n) is 3.30. The molecule has 5 N–H and O–H groups in total. The van der Waals surface area contributed by atoms with Gasteiger partial charge in [-0.25, -0.2) is 9.59 Å². The van der Waals surface area contributed by atoms with Crippen molar-refractivity contribution in [3.8, 4) is 0 Å². The molecule has 3 atom stereocenters. The summed E-state index contributed by atoms with van der Waals surface area (Å²) in [6, 6.07) is 6.23. The molecule has 2 rings (SSSR count). The third kappa shape index (κ3) is 9.11. The molecule has 1 fully saturated rings. The molecule has 8 nitrogen and oxygen atoms in total. The van der Waals surface area contributed by atoms with Crippen LogP contribution in [0.5, 0.6) is 0 Å². The van der Waals surface area contributed by atoms with Gasteiger partial charge in [0.25, 0.3) is 0 Å². The number of alkyl halides is 3. The Labute approximate surface area is 184 Å². The van der Waals surface area contributed by atoms with Gasteiger partial charge in [-0.2, -0.15) is 13.2 Å². The lowest BCUT2D eigenvalue weighted by Crippen LogP contribution is -2.41. The van der Waals surface area contributed by atoms with Gasteiger partial charge in [0.1, 0.15) is 0 Å². The Bertz CT molecular complexity index is 743. The number of benzene rings is 1. The van der Waals surface area contributed by atoms with Crippen molar-refractivity contribution in [2.24, 2.45) is 5.41 Å². The molecule has 0 bridgehead atoms. The van der Waals surface area contributed by atoms with Crippen LogP contribution in [0.2, 0.25) is 0 Å². The lowest BCUT2D eigenvalue weighted by Gasteiger charge is -2.35. The molecule has 0 amide bonds. The number of hydrogen-bond donors (Lipinski definition) is 5. The van der Waals surface area contributed by atoms with Gasteiger partial charge < -0.3 is 25.7 Å². The van der Waals surface area contributed by atoms with E-state index in [2.05, 4.69) is 31.0 Å². The highest BCUT2D eigenvalue weighted by atomic mass is 19.4. The van der Waals surface area contributed by atoms with Crippen LogP contribution in [0.4, 0.5) is 13.2 Å². The summed E-state index contributed by atoms with van der Waals surface area (Å²) in [7, 11) is 0. The van der Waals surface area contributed by atoms with Gasteiger partial charge in [-0.15, -0.1) is 0 Å². The molecule has 182 valence electrons. The van der Waals surface area contributed by atoms with E-state index in [-0.39, 0.29) is 5.41 Å². The Morgan fingerprint density at radius 2 is 1.62 bits per heavy atom. The normalized spacial score (nSPS) is 18.6. The molecule has 0 spiro atoms. The van der Waals surface area contributed by atoms with Crippen LogP contribution in [0.25, 0.3) is 0 Å². The lowest BCUT2D eigenvalue weighted by atomic mass is 9.94. The van der Waals surface area contributed by atoms with Crippen LogP contribution in [-0.2, 0) is 22.3 Å². The number of halogens is 3. The van der Waals surface area contributed by atoms with Crippen LogP contribution in [0.15, 0.2) is 24.3 Å². The Hall–Kier alpha value is -2.21. The van der Waals surface area contributed by atoms with Crippen LogP contribution >= 0.6 is 0 Å². The number of rotatable bonds is 7. The molecule has 0 aromatic heterocycles. The van der Waals surface area contributed by atoms with E-state index in [0.717, 1.165) is 26.1 Å². The van der Waals surface area contributed by atoms with Crippen molar-refractivity contribution in [1.29, 1.82) is 0 Å². The second-order valence-electron chi connectivity index (χ2n) is 8.83. The van der Waals surface area contributed by atoms with E-state index in [1.54, 1.807) is 12.1 Å². The summed E-state index contributed by atoms with van der Waals surface area (Å²) in [6.45, 7) is 9.29. The topological polar surface area (TPSA) is 130 Å². The second kappa shape index (κ2) is 11.6. The third-order valence-corrected chi connectivity index (χ3v) is 4.73. The van der Waals surface area contributed by atoms with Crippen molar-refractivity contribution in [3.63, 3.8) is 0 Å². The highest BCUT2D eigenvalue weighted by molar-refractivity contribution is 5.83. The fraction of sp³-hybridized carbons (Fsp3) is 0.619. The summed E-state index contributed by atoms with van der Waals surface area (Å²) in [5.41, 5.74) is -0.0959. The molecule has 0 saturated carbocycles. The maximum atomic E-state index is 13.2. The maximum Gasteiger partial charge on any atom is 0.416 e. The van der Waals surface area contributed by atoms with Crippen molar-refractivity contribution in [2.45, 2.75) is 58.2 Å². The number of nitrogens with one attached hydrogen (secondary N) is 1. The molecular weight excluding hydrogens is 433 g/mol. The van der Waals surface area contributed by atoms with Crippen LogP contribution in [0, 0.1) is 5.41 Å². The number of aliphatic carboxylic acids is 2. The third-order valence-electron chi connectivity index (χ3n) is 4.73. The van der Waals surface area contributed by atoms with Gasteiger partial charge in [0.2, 0.25) is 0 Å². The van der Waals surface area contributed by atoms with Crippen LogP contribution < -0.4 is 5.32 Å². The van der Waals surface area contributed by atoms with Gasteiger partial charge in [0, 0.05) is 25.7 Å². The quantitative estimate of drug-likeness (QED) is 0.413. The van der Waals surface area contributed by atoms with Crippen molar-refractivity contribution in [1.82, 2.24) is 10.2 Å². The standard InChI is InChI=1S/C17H25F3N2.C4H6O6/c1-16(2,3)12-22(14-8-9-21-10-14)11-13-6-4-5-7-15(13)17(18,19)20;5-1(3(7)8)2(6)4(9)10/h4-7,14,21H,8-12H2,1-3H3;1-2,5-6H,(H,7,8)(H,9,10)/t14-;/m0./s1. The first kappa shape index (κ1) is 27.8. The summed E-state index contributed by atoms with van der Waals surface area (Å²) in [6.07, 6.45) is -7.84. The number of aliphatic hydroxyl groups excluding tert-OH is 2. The predicted octanol–water partition coefficient (Wildman–Crippen LogP) is 1.79. The first-order chi connectivity index (χ1) is 14.6. The van der Waals surface area contributed by atoms with E-state index >= 15 is 0 Å². The van der Waals surface area contributed by atoms with Crippen LogP contribution in [0.1, 0.15) is 38.3 Å². The molecule has 1 aliphatic rings. The molecule has 1 aliphatic heterocycles. The van der Waals surface area contributed by atoms with Crippen molar-refractivity contribution < 1.29 is 43.2 Å². The average Bonchev–Trinajstić information content (AvgIpc) is 3.20. The minimum atomic E-state index is -4.29. The zero-order valence-corrected chi connectivity index (χ0v) is 18.3. The first-order valence-electron chi connectivity index (χ1n) is 10.0. The van der Waals surface area contributed by atoms with E-state index in [1.807, 2.05) is 0 Å². The zero-order valence-electron chi connectivity index (χ0n) is 18.3. The number of nitrogens with zero attached hydrogens (tertiary/aromatic N) is 1. The average molecular weight is 464 g/mol. The van der Waals surface area contributed by atoms with E-state index < -0.39 is 35.9 Å². The molecule has 1 aromatic rings. The zero-order chi connectivity index (χ0) is 24.7. The summed E-state index contributed by atoms with van der Waals surface area (Å²) >= 11 is 0. The largest absolute Gasteiger partial charge is 0.479 e. The highest BCUT2D eigenvalue weighted by Gasteiger charge is 2.34. The maximum absolute atomic E-state index is 13.2. The summed E-state index contributed by atoms with van der Waals surface area (Å²) in [4.78, 5) is 21.7. The minimum absolute atomic E-state index is 0.0514. The molecule has 2 unspecified atom stereocenters. The van der Waals surface area contributed by atoms with Gasteiger partial charge in [0.05, 0.1) is 5.56 Å². The van der Waals surface area contributed by atoms with Crippen LogP contribution in [0.3, 0.4) is 0 Å². The molecule has 0 radical (unpaired) electrons. The molecule has 32 heavy (non-hydrogen) atoms. The van der Waals surface area contributed by atoms with Gasteiger partial charge in [0.15, 0.2) is 12.2 Å². The molecular formula is C21H31F3N2O6. The fourth-order valence-corrected chi connectivity index (χ4v) is 3.30. The van der Waals surface area contributed by atoms with Gasteiger partial charge in [-0.05, 0) is 30.0 Å². The van der Waals surface area contributed by atoms with Gasteiger partial charge in [-0.1, -0.05) is 39.0 Å². The SMILES string of the molecule is CC(C)(C)CN(Cc1ccccc1C(F)(F)F)[C@H]1CCNC1.O=C(O)C(O)C(O)C(=O)O. The smallest absolute Gasteiger partial charge is 0.416 e. The Kier molecular flexibility index (Phi) is 10.1. The van der Waals surface area contributed by atoms with Gasteiger partial charge >= 0.3 is 18.1 Å². The second-order valence-corrected chi connectivity index (χ2v) is 8.83. The van der Waals surface area contributed by atoms with Crippen molar-refractivity contribution in [2.75, 3.05) is 19.6 Å². The van der Waals surface area contributed by atoms with Gasteiger partial charge in [-0.3, -0.25) is 4.90 Å². The monoisotopic (exact) mass is 464 g/mol. The van der Waals surface area contributed by atoms with E-state index in [4.69, 9.17) is 20.4 Å². The molecule has 0 aliphatic carbocycles. The minimum Gasteiger partial charge on any atom is -0.479 e. The number of carboxylic acid groups (broad SMARTS) is 2. The Morgan fingerprint density at radius 1 is 1.09 bits per heavy atom. The van der Waals surface area contributed by atoms with E-state index in [1.165, 1.54) is 12.1 Å². The molecule has 1 saturated heterocycles. The highest BCUT2D eigenvalue weighted by Crippen LogP contribution is 2.33. The predicted molar refractivity (Wildman–Crippen MR) is 110 cm³/mol.